The molecular weight excluding hydrogens is 486 g/mol. The van der Waals surface area contributed by atoms with E-state index >= 15 is 0 Å². The molecule has 0 aromatic rings. The van der Waals surface area contributed by atoms with Gasteiger partial charge in [-0.2, -0.15) is 0 Å². The Morgan fingerprint density at radius 2 is 1.17 bits per heavy atom. The van der Waals surface area contributed by atoms with Gasteiger partial charge in [0.15, 0.2) is 11.6 Å². The van der Waals surface area contributed by atoms with Gasteiger partial charge in [-0.3, -0.25) is 33.6 Å². The molecule has 2 rings (SSSR count). The Morgan fingerprint density at radius 1 is 0.639 bits per heavy atom. The second kappa shape index (κ2) is 14.7. The molecule has 1 aliphatic carbocycles. The number of esters is 3. The molecule has 1 saturated carbocycles. The molecule has 198 valence electrons. The number of hydrogen-bond acceptors (Lipinski definition) is 13. The smallest absolute Gasteiger partial charge is 0.333 e. The number of ether oxygens (including phenoxy) is 4. The van der Waals surface area contributed by atoms with Crippen LogP contribution >= 0.6 is 0 Å². The summed E-state index contributed by atoms with van der Waals surface area (Å²) in [6, 6.07) is 0. The Bertz CT molecular complexity index is 792. The van der Waals surface area contributed by atoms with Crippen LogP contribution in [0.3, 0.4) is 0 Å². The van der Waals surface area contributed by atoms with E-state index in [4.69, 9.17) is 18.9 Å². The van der Waals surface area contributed by atoms with Crippen LogP contribution in [-0.2, 0) is 62.1 Å². The van der Waals surface area contributed by atoms with Gasteiger partial charge in [-0.15, -0.1) is 5.06 Å². The van der Waals surface area contributed by atoms with Crippen molar-refractivity contribution in [2.45, 2.75) is 63.9 Å². The second-order valence-corrected chi connectivity index (χ2v) is 7.75. The fourth-order valence-corrected chi connectivity index (χ4v) is 3.03. The first-order valence-corrected chi connectivity index (χ1v) is 11.4. The highest BCUT2D eigenvalue weighted by Gasteiger charge is 2.36. The molecule has 0 aromatic heterocycles. The van der Waals surface area contributed by atoms with Crippen molar-refractivity contribution >= 4 is 47.3 Å². The highest BCUT2D eigenvalue weighted by Crippen LogP contribution is 2.15. The largest absolute Gasteiger partial charge is 0.466 e. The lowest BCUT2D eigenvalue weighted by Gasteiger charge is -2.12. The summed E-state index contributed by atoms with van der Waals surface area (Å²) >= 11 is 0. The van der Waals surface area contributed by atoms with E-state index in [1.807, 2.05) is 0 Å². The van der Waals surface area contributed by atoms with Crippen LogP contribution in [0, 0.1) is 0 Å². The molecule has 1 saturated heterocycles. The quantitative estimate of drug-likeness (QED) is 0.0897. The van der Waals surface area contributed by atoms with E-state index in [1.54, 1.807) is 0 Å². The monoisotopic (exact) mass is 513 g/mol. The molecule has 0 radical (unpaired) electrons. The standard InChI is InChI=1S/C22H27NO13/c24-14-2-3-15(25)22(14)35-20(30)8-6-18(28)33-11-1-10-32-12-13-34-19(29)7-9-21(31)36-23-16(26)4-5-17(23)27/h22H,1-13H2. The van der Waals surface area contributed by atoms with Crippen molar-refractivity contribution < 1.29 is 62.1 Å². The average molecular weight is 513 g/mol. The summed E-state index contributed by atoms with van der Waals surface area (Å²) in [5.41, 5.74) is 0. The van der Waals surface area contributed by atoms with Crippen LogP contribution in [0.4, 0.5) is 0 Å². The van der Waals surface area contributed by atoms with Gasteiger partial charge in [0.2, 0.25) is 6.10 Å². The molecule has 2 aliphatic rings. The maximum absolute atomic E-state index is 11.6. The van der Waals surface area contributed by atoms with Crippen molar-refractivity contribution in [1.82, 2.24) is 5.06 Å². The zero-order valence-corrected chi connectivity index (χ0v) is 19.5. The fraction of sp³-hybridized carbons (Fsp3) is 0.636. The minimum absolute atomic E-state index is 0.0252. The van der Waals surface area contributed by atoms with Gasteiger partial charge in [-0.1, -0.05) is 0 Å². The lowest BCUT2D eigenvalue weighted by atomic mass is 10.2. The van der Waals surface area contributed by atoms with Crippen LogP contribution in [0.15, 0.2) is 0 Å². The van der Waals surface area contributed by atoms with Gasteiger partial charge in [0.25, 0.3) is 11.8 Å². The van der Waals surface area contributed by atoms with E-state index in [1.165, 1.54) is 0 Å². The van der Waals surface area contributed by atoms with Crippen LogP contribution in [0.2, 0.25) is 0 Å². The summed E-state index contributed by atoms with van der Waals surface area (Å²) in [5.74, 6) is -5.18. The van der Waals surface area contributed by atoms with Crippen LogP contribution in [-0.4, -0.2) is 84.9 Å². The molecule has 1 aliphatic heterocycles. The number of hydroxylamine groups is 2. The van der Waals surface area contributed by atoms with Crippen molar-refractivity contribution in [3.05, 3.63) is 0 Å². The molecular formula is C22H27NO13. The SMILES string of the molecule is O=C(CCC(=O)OC1C(=O)CCC1=O)OCCCOCCOC(=O)CCC(=O)ON1C(=O)CCC1=O. The van der Waals surface area contributed by atoms with Crippen LogP contribution < -0.4 is 0 Å². The summed E-state index contributed by atoms with van der Waals surface area (Å²) in [4.78, 5) is 96.6. The maximum Gasteiger partial charge on any atom is 0.333 e. The Labute approximate surface area is 205 Å². The van der Waals surface area contributed by atoms with E-state index in [9.17, 15) is 38.4 Å². The van der Waals surface area contributed by atoms with E-state index in [0.29, 0.717) is 11.5 Å². The van der Waals surface area contributed by atoms with Crippen molar-refractivity contribution in [3.8, 4) is 0 Å². The fourth-order valence-electron chi connectivity index (χ4n) is 3.03. The van der Waals surface area contributed by atoms with Gasteiger partial charge in [-0.05, 0) is 0 Å². The summed E-state index contributed by atoms with van der Waals surface area (Å²) in [7, 11) is 0. The van der Waals surface area contributed by atoms with Crippen LogP contribution in [0.1, 0.15) is 57.8 Å². The first-order valence-electron chi connectivity index (χ1n) is 11.4. The highest BCUT2D eigenvalue weighted by molar-refractivity contribution is 6.12. The highest BCUT2D eigenvalue weighted by atomic mass is 16.7. The predicted octanol–water partition coefficient (Wildman–Crippen LogP) is -0.509. The number of Topliss-reactive ketones (excluding diaryl/α,β-unsaturated/α-hetero) is 2. The number of hydrogen-bond donors (Lipinski definition) is 0. The minimum Gasteiger partial charge on any atom is -0.466 e. The van der Waals surface area contributed by atoms with E-state index < -0.39 is 53.4 Å². The number of carbonyl (C=O) groups is 8. The summed E-state index contributed by atoms with van der Waals surface area (Å²) in [6.45, 7) is 0.205. The average Bonchev–Trinajstić information content (AvgIpc) is 3.33. The first kappa shape index (κ1) is 28.6. The molecule has 0 aromatic carbocycles. The molecule has 1 heterocycles. The van der Waals surface area contributed by atoms with E-state index in [0.717, 1.165) is 0 Å². The van der Waals surface area contributed by atoms with Crippen molar-refractivity contribution in [2.75, 3.05) is 26.4 Å². The number of amides is 2. The van der Waals surface area contributed by atoms with Gasteiger partial charge in [0.1, 0.15) is 6.61 Å². The van der Waals surface area contributed by atoms with Crippen molar-refractivity contribution in [2.24, 2.45) is 0 Å². The first-order chi connectivity index (χ1) is 17.2. The third-order valence-electron chi connectivity index (χ3n) is 4.90. The lowest BCUT2D eigenvalue weighted by molar-refractivity contribution is -0.197. The Hall–Kier alpha value is -3.68. The van der Waals surface area contributed by atoms with Gasteiger partial charge in [0, 0.05) is 38.7 Å². The molecule has 0 unspecified atom stereocenters. The Morgan fingerprint density at radius 3 is 1.78 bits per heavy atom. The van der Waals surface area contributed by atoms with Crippen LogP contribution in [0.5, 0.6) is 0 Å². The predicted molar refractivity (Wildman–Crippen MR) is 112 cm³/mol. The molecule has 36 heavy (non-hydrogen) atoms. The number of carbonyl (C=O) groups excluding carboxylic acids is 8. The molecule has 0 atom stereocenters. The number of rotatable bonds is 15. The topological polar surface area (TPSA) is 186 Å². The van der Waals surface area contributed by atoms with Gasteiger partial charge >= 0.3 is 23.9 Å². The van der Waals surface area contributed by atoms with Crippen LogP contribution in [0.25, 0.3) is 0 Å². The third-order valence-corrected chi connectivity index (χ3v) is 4.90. The van der Waals surface area contributed by atoms with E-state index in [-0.39, 0.29) is 77.8 Å². The minimum atomic E-state index is -1.36. The molecule has 14 nitrogen and oxygen atoms in total. The molecule has 14 heteroatoms. The normalized spacial score (nSPS) is 15.8. The molecule has 2 amide bonds. The van der Waals surface area contributed by atoms with Crippen molar-refractivity contribution in [3.63, 3.8) is 0 Å². The zero-order valence-electron chi connectivity index (χ0n) is 19.5. The number of ketones is 2. The zero-order chi connectivity index (χ0) is 26.5. The molecule has 0 spiro atoms. The number of imide groups is 1. The summed E-state index contributed by atoms with van der Waals surface area (Å²) in [6.07, 6.45) is -2.22. The van der Waals surface area contributed by atoms with Gasteiger partial charge in [0.05, 0.1) is 38.9 Å². The van der Waals surface area contributed by atoms with Gasteiger partial charge in [-0.25, -0.2) is 4.79 Å². The molecule has 2 fully saturated rings. The van der Waals surface area contributed by atoms with Gasteiger partial charge < -0.3 is 23.8 Å². The Balaban J connectivity index is 1.41. The molecule has 0 bridgehead atoms. The maximum atomic E-state index is 11.6. The lowest BCUT2D eigenvalue weighted by Crippen LogP contribution is -2.32. The molecule has 0 N–H and O–H groups in total. The summed E-state index contributed by atoms with van der Waals surface area (Å²) in [5, 5.41) is 0.399. The third kappa shape index (κ3) is 9.90. The second-order valence-electron chi connectivity index (χ2n) is 7.75. The summed E-state index contributed by atoms with van der Waals surface area (Å²) < 4.78 is 19.8. The van der Waals surface area contributed by atoms with E-state index in [2.05, 4.69) is 4.84 Å². The number of nitrogens with zero attached hydrogens (tertiary/aromatic N) is 1. The Kier molecular flexibility index (Phi) is 11.6. The van der Waals surface area contributed by atoms with Crippen molar-refractivity contribution in [1.29, 1.82) is 0 Å².